The molecule has 0 aromatic carbocycles. The Kier molecular flexibility index (Phi) is 2.39. The standard InChI is InChI=1S/C5H4ClN3O3/c1-12-5-7-2-3(9(10)11)4(6)8-5/h2H,1H3. The van der Waals surface area contributed by atoms with E-state index >= 15 is 0 Å². The maximum Gasteiger partial charge on any atom is 0.324 e. The summed E-state index contributed by atoms with van der Waals surface area (Å²) < 4.78 is 4.60. The zero-order valence-electron chi connectivity index (χ0n) is 6.02. The molecule has 7 heteroatoms. The maximum absolute atomic E-state index is 10.2. The van der Waals surface area contributed by atoms with Gasteiger partial charge < -0.3 is 4.74 Å². The molecule has 0 saturated heterocycles. The van der Waals surface area contributed by atoms with E-state index in [1.165, 1.54) is 7.11 Å². The molecule has 0 aliphatic carbocycles. The third kappa shape index (κ3) is 1.59. The summed E-state index contributed by atoms with van der Waals surface area (Å²) in [4.78, 5) is 16.6. The Balaban J connectivity index is 3.12. The van der Waals surface area contributed by atoms with Crippen LogP contribution in [0.15, 0.2) is 6.20 Å². The molecule has 12 heavy (non-hydrogen) atoms. The second-order valence-corrected chi connectivity index (χ2v) is 2.15. The van der Waals surface area contributed by atoms with Gasteiger partial charge in [-0.2, -0.15) is 9.97 Å². The molecule has 0 fully saturated rings. The molecule has 6 nitrogen and oxygen atoms in total. The Bertz CT molecular complexity index is 317. The topological polar surface area (TPSA) is 78.2 Å². The largest absolute Gasteiger partial charge is 0.467 e. The Morgan fingerprint density at radius 2 is 2.42 bits per heavy atom. The van der Waals surface area contributed by atoms with Crippen molar-refractivity contribution in [1.82, 2.24) is 9.97 Å². The van der Waals surface area contributed by atoms with Crippen LogP contribution in [0.1, 0.15) is 0 Å². The third-order valence-electron chi connectivity index (χ3n) is 1.08. The lowest BCUT2D eigenvalue weighted by atomic mass is 10.6. The number of nitro groups is 1. The first-order valence-corrected chi connectivity index (χ1v) is 3.24. The molecule has 64 valence electrons. The van der Waals surface area contributed by atoms with Crippen LogP contribution in [0.3, 0.4) is 0 Å². The summed E-state index contributed by atoms with van der Waals surface area (Å²) in [5.41, 5.74) is -0.336. The molecule has 0 spiro atoms. The van der Waals surface area contributed by atoms with Gasteiger partial charge in [-0.3, -0.25) is 10.1 Å². The molecule has 0 saturated carbocycles. The van der Waals surface area contributed by atoms with Crippen LogP contribution in [-0.4, -0.2) is 22.0 Å². The van der Waals surface area contributed by atoms with Crippen molar-refractivity contribution in [2.75, 3.05) is 7.11 Å². The number of ether oxygens (including phenoxy) is 1. The van der Waals surface area contributed by atoms with E-state index in [2.05, 4.69) is 14.7 Å². The van der Waals surface area contributed by atoms with Crippen molar-refractivity contribution in [3.8, 4) is 6.01 Å². The number of aromatic nitrogens is 2. The van der Waals surface area contributed by atoms with E-state index in [1.807, 2.05) is 0 Å². The van der Waals surface area contributed by atoms with Crippen molar-refractivity contribution in [1.29, 1.82) is 0 Å². The minimum Gasteiger partial charge on any atom is -0.467 e. The molecule has 0 amide bonds. The van der Waals surface area contributed by atoms with Gasteiger partial charge in [0.1, 0.15) is 6.20 Å². The van der Waals surface area contributed by atoms with Crippen LogP contribution in [0.25, 0.3) is 0 Å². The van der Waals surface area contributed by atoms with Gasteiger partial charge in [0, 0.05) is 0 Å². The lowest BCUT2D eigenvalue weighted by Gasteiger charge is -1.96. The van der Waals surface area contributed by atoms with Crippen LogP contribution in [0, 0.1) is 10.1 Å². The first kappa shape index (κ1) is 8.66. The predicted octanol–water partition coefficient (Wildman–Crippen LogP) is 1.05. The summed E-state index contributed by atoms with van der Waals surface area (Å²) in [6.45, 7) is 0. The van der Waals surface area contributed by atoms with Crippen LogP contribution in [0.2, 0.25) is 5.15 Å². The molecule has 1 rings (SSSR count). The van der Waals surface area contributed by atoms with Gasteiger partial charge in [0.25, 0.3) is 0 Å². The Hall–Kier alpha value is -1.43. The van der Waals surface area contributed by atoms with E-state index in [-0.39, 0.29) is 16.9 Å². The van der Waals surface area contributed by atoms with Crippen molar-refractivity contribution in [2.24, 2.45) is 0 Å². The molecular weight excluding hydrogens is 186 g/mol. The number of hydrogen-bond acceptors (Lipinski definition) is 5. The first-order chi connectivity index (χ1) is 5.65. The van der Waals surface area contributed by atoms with Gasteiger partial charge in [-0.05, 0) is 0 Å². The molecule has 0 aliphatic heterocycles. The molecule has 0 bridgehead atoms. The Morgan fingerprint density at radius 3 is 2.83 bits per heavy atom. The second-order valence-electron chi connectivity index (χ2n) is 1.79. The minimum atomic E-state index is -0.665. The van der Waals surface area contributed by atoms with Crippen molar-refractivity contribution < 1.29 is 9.66 Å². The number of methoxy groups -OCH3 is 1. The van der Waals surface area contributed by atoms with Gasteiger partial charge in [-0.1, -0.05) is 11.6 Å². The molecule has 1 heterocycles. The van der Waals surface area contributed by atoms with E-state index in [9.17, 15) is 10.1 Å². The van der Waals surface area contributed by atoms with Gasteiger partial charge in [0.2, 0.25) is 5.15 Å². The normalized spacial score (nSPS) is 9.50. The number of nitrogens with zero attached hydrogens (tertiary/aromatic N) is 3. The first-order valence-electron chi connectivity index (χ1n) is 2.86. The van der Waals surface area contributed by atoms with Crippen molar-refractivity contribution in [3.05, 3.63) is 21.5 Å². The number of rotatable bonds is 2. The third-order valence-corrected chi connectivity index (χ3v) is 1.36. The second kappa shape index (κ2) is 3.31. The molecule has 1 aromatic rings. The molecular formula is C5H4ClN3O3. The zero-order valence-corrected chi connectivity index (χ0v) is 6.78. The summed E-state index contributed by atoms with van der Waals surface area (Å²) >= 11 is 5.43. The average molecular weight is 190 g/mol. The molecule has 0 aliphatic rings. The highest BCUT2D eigenvalue weighted by atomic mass is 35.5. The summed E-state index contributed by atoms with van der Waals surface area (Å²) in [7, 11) is 1.34. The SMILES string of the molecule is COc1ncc([N+](=O)[O-])c(Cl)n1. The summed E-state index contributed by atoms with van der Waals surface area (Å²) in [5.74, 6) is 0. The fourth-order valence-corrected chi connectivity index (χ4v) is 0.751. The highest BCUT2D eigenvalue weighted by molar-refractivity contribution is 6.31. The summed E-state index contributed by atoms with van der Waals surface area (Å²) in [6, 6.07) is 0.00519. The smallest absolute Gasteiger partial charge is 0.324 e. The average Bonchev–Trinajstić information content (AvgIpc) is 2.03. The molecule has 0 N–H and O–H groups in total. The van der Waals surface area contributed by atoms with Crippen LogP contribution in [0.4, 0.5) is 5.69 Å². The highest BCUT2D eigenvalue weighted by Crippen LogP contribution is 2.21. The van der Waals surface area contributed by atoms with E-state index < -0.39 is 4.92 Å². The van der Waals surface area contributed by atoms with Crippen LogP contribution in [0.5, 0.6) is 6.01 Å². The minimum absolute atomic E-state index is 0.00519. The number of halogens is 1. The fraction of sp³-hybridized carbons (Fsp3) is 0.200. The van der Waals surface area contributed by atoms with E-state index in [0.717, 1.165) is 6.20 Å². The van der Waals surface area contributed by atoms with Crippen LogP contribution >= 0.6 is 11.6 Å². The van der Waals surface area contributed by atoms with Crippen LogP contribution in [-0.2, 0) is 0 Å². The molecule has 1 aromatic heterocycles. The summed E-state index contributed by atoms with van der Waals surface area (Å²) in [5, 5.41) is 9.99. The van der Waals surface area contributed by atoms with E-state index in [1.54, 1.807) is 0 Å². The van der Waals surface area contributed by atoms with Crippen molar-refractivity contribution >= 4 is 17.3 Å². The molecule has 0 atom stereocenters. The maximum atomic E-state index is 10.2. The number of hydrogen-bond donors (Lipinski definition) is 0. The monoisotopic (exact) mass is 189 g/mol. The highest BCUT2D eigenvalue weighted by Gasteiger charge is 2.14. The Morgan fingerprint density at radius 1 is 1.75 bits per heavy atom. The molecule has 0 radical (unpaired) electrons. The van der Waals surface area contributed by atoms with Crippen molar-refractivity contribution in [3.63, 3.8) is 0 Å². The van der Waals surface area contributed by atoms with Gasteiger partial charge in [-0.15, -0.1) is 0 Å². The summed E-state index contributed by atoms with van der Waals surface area (Å²) in [6.07, 6.45) is 0.994. The van der Waals surface area contributed by atoms with Crippen molar-refractivity contribution in [2.45, 2.75) is 0 Å². The lowest BCUT2D eigenvalue weighted by molar-refractivity contribution is -0.385. The molecule has 0 unspecified atom stereocenters. The van der Waals surface area contributed by atoms with E-state index in [0.29, 0.717) is 0 Å². The lowest BCUT2D eigenvalue weighted by Crippen LogP contribution is -1.96. The quantitative estimate of drug-likeness (QED) is 0.395. The zero-order chi connectivity index (χ0) is 9.14. The van der Waals surface area contributed by atoms with Gasteiger partial charge in [-0.25, -0.2) is 0 Å². The fourth-order valence-electron chi connectivity index (χ4n) is 0.561. The van der Waals surface area contributed by atoms with Gasteiger partial charge in [0.15, 0.2) is 0 Å². The van der Waals surface area contributed by atoms with Gasteiger partial charge >= 0.3 is 11.7 Å². The Labute approximate surface area is 72.3 Å². The predicted molar refractivity (Wildman–Crippen MR) is 40.2 cm³/mol. The van der Waals surface area contributed by atoms with Crippen LogP contribution < -0.4 is 4.74 Å². The van der Waals surface area contributed by atoms with E-state index in [4.69, 9.17) is 11.6 Å². The van der Waals surface area contributed by atoms with Gasteiger partial charge in [0.05, 0.1) is 12.0 Å².